The summed E-state index contributed by atoms with van der Waals surface area (Å²) in [7, 11) is 4.41. The van der Waals surface area contributed by atoms with Crippen LogP contribution < -0.4 is 20.3 Å². The van der Waals surface area contributed by atoms with Crippen molar-refractivity contribution in [3.8, 4) is 17.0 Å². The summed E-state index contributed by atoms with van der Waals surface area (Å²) in [4.78, 5) is 26.8. The molecule has 0 bridgehead atoms. The van der Waals surface area contributed by atoms with E-state index in [4.69, 9.17) is 19.4 Å². The molecule has 2 N–H and O–H groups in total. The summed E-state index contributed by atoms with van der Waals surface area (Å²) in [6.07, 6.45) is 6.97. The number of methoxy groups -OCH3 is 1. The molecule has 0 saturated carbocycles. The van der Waals surface area contributed by atoms with Gasteiger partial charge in [0.25, 0.3) is 0 Å². The molecule has 0 radical (unpaired) electrons. The number of fused-ring (bicyclic) bond motifs is 1. The zero-order valence-corrected chi connectivity index (χ0v) is 27.6. The Bertz CT molecular complexity index is 1630. The molecular formula is C31H43N9O3Si. The van der Waals surface area contributed by atoms with Gasteiger partial charge in [-0.1, -0.05) is 26.2 Å². The molecule has 0 atom stereocenters. The zero-order valence-electron chi connectivity index (χ0n) is 26.6. The van der Waals surface area contributed by atoms with Crippen molar-refractivity contribution in [2.45, 2.75) is 32.4 Å². The number of amides is 1. The number of aromatic nitrogens is 5. The number of aryl methyl sites for hydroxylation is 1. The predicted octanol–water partition coefficient (Wildman–Crippen LogP) is 4.77. The first-order valence-corrected chi connectivity index (χ1v) is 18.5. The Kier molecular flexibility index (Phi) is 9.37. The van der Waals surface area contributed by atoms with Gasteiger partial charge in [0.1, 0.15) is 18.1 Å². The summed E-state index contributed by atoms with van der Waals surface area (Å²) in [6, 6.07) is 6.91. The number of benzene rings is 1. The number of hydrogen-bond donors (Lipinski definition) is 2. The van der Waals surface area contributed by atoms with Gasteiger partial charge < -0.3 is 34.5 Å². The highest BCUT2D eigenvalue weighted by Gasteiger charge is 2.22. The van der Waals surface area contributed by atoms with Crippen LogP contribution in [0, 0.1) is 0 Å². The zero-order chi connectivity index (χ0) is 31.4. The maximum Gasteiger partial charge on any atom is 0.247 e. The van der Waals surface area contributed by atoms with Crippen LogP contribution in [0.4, 0.5) is 23.0 Å². The fraction of sp³-hybridized carbons (Fsp3) is 0.419. The minimum atomic E-state index is -1.21. The lowest BCUT2D eigenvalue weighted by Crippen LogP contribution is -2.44. The van der Waals surface area contributed by atoms with Crippen LogP contribution in [0.3, 0.4) is 0 Å². The number of carbonyl (C=O) groups is 1. The third kappa shape index (κ3) is 7.29. The molecule has 1 aromatic carbocycles. The molecule has 4 heterocycles. The van der Waals surface area contributed by atoms with Crippen LogP contribution in [0.15, 0.2) is 49.4 Å². The summed E-state index contributed by atoms with van der Waals surface area (Å²) in [5.74, 6) is 0.692. The van der Waals surface area contributed by atoms with E-state index < -0.39 is 8.07 Å². The molecule has 1 fully saturated rings. The highest BCUT2D eigenvalue weighted by molar-refractivity contribution is 6.76. The molecule has 0 spiro atoms. The molecule has 3 aromatic heterocycles. The minimum Gasteiger partial charge on any atom is -0.494 e. The van der Waals surface area contributed by atoms with Gasteiger partial charge in [0, 0.05) is 77.3 Å². The predicted molar refractivity (Wildman–Crippen MR) is 179 cm³/mol. The maximum atomic E-state index is 12.5. The fourth-order valence-corrected chi connectivity index (χ4v) is 5.84. The number of nitrogens with one attached hydrogen (secondary N) is 2. The van der Waals surface area contributed by atoms with E-state index in [2.05, 4.69) is 58.8 Å². The quantitative estimate of drug-likeness (QED) is 0.132. The molecule has 0 unspecified atom stereocenters. The SMILES string of the molecule is C=CC(=O)Nc1cc(Nc2nc(-c3cnn(C)c3)c3ccn(COCC[Si](C)(C)C)c3n2)c(OC)cc1N1CCN(C)CC1. The van der Waals surface area contributed by atoms with Gasteiger partial charge in [0.05, 0.1) is 36.1 Å². The number of rotatable bonds is 12. The maximum absolute atomic E-state index is 12.5. The molecule has 234 valence electrons. The van der Waals surface area contributed by atoms with Crippen LogP contribution in [0.5, 0.6) is 5.75 Å². The third-order valence-corrected chi connectivity index (χ3v) is 9.38. The van der Waals surface area contributed by atoms with Crippen LogP contribution in [0.25, 0.3) is 22.3 Å². The first kappa shape index (κ1) is 31.2. The summed E-state index contributed by atoms with van der Waals surface area (Å²) in [5, 5.41) is 11.6. The number of carbonyl (C=O) groups excluding carboxylic acids is 1. The number of nitrogens with zero attached hydrogens (tertiary/aromatic N) is 7. The van der Waals surface area contributed by atoms with E-state index >= 15 is 0 Å². The molecule has 1 saturated heterocycles. The number of piperazine rings is 1. The lowest BCUT2D eigenvalue weighted by Gasteiger charge is -2.35. The van der Waals surface area contributed by atoms with Crippen molar-refractivity contribution >= 4 is 48.0 Å². The lowest BCUT2D eigenvalue weighted by atomic mass is 10.1. The van der Waals surface area contributed by atoms with Gasteiger partial charge in [-0.05, 0) is 31.3 Å². The van der Waals surface area contributed by atoms with Crippen molar-refractivity contribution < 1.29 is 14.3 Å². The van der Waals surface area contributed by atoms with Crippen LogP contribution in [0.2, 0.25) is 25.7 Å². The molecule has 44 heavy (non-hydrogen) atoms. The van der Waals surface area contributed by atoms with Gasteiger partial charge >= 0.3 is 0 Å². The van der Waals surface area contributed by atoms with E-state index in [0.29, 0.717) is 36.4 Å². The van der Waals surface area contributed by atoms with E-state index in [1.54, 1.807) is 18.0 Å². The normalized spacial score (nSPS) is 14.2. The molecule has 1 amide bonds. The van der Waals surface area contributed by atoms with Crippen molar-refractivity contribution in [2.75, 3.05) is 62.5 Å². The second-order valence-electron chi connectivity index (χ2n) is 12.3. The van der Waals surface area contributed by atoms with Crippen molar-refractivity contribution in [2.24, 2.45) is 7.05 Å². The van der Waals surface area contributed by atoms with Crippen molar-refractivity contribution in [1.29, 1.82) is 0 Å². The first-order chi connectivity index (χ1) is 21.0. The van der Waals surface area contributed by atoms with Gasteiger partial charge in [0.15, 0.2) is 0 Å². The first-order valence-electron chi connectivity index (χ1n) is 14.8. The van der Waals surface area contributed by atoms with Crippen LogP contribution in [-0.4, -0.2) is 90.1 Å². The Hall–Kier alpha value is -4.20. The van der Waals surface area contributed by atoms with E-state index in [9.17, 15) is 4.79 Å². The molecule has 1 aliphatic rings. The van der Waals surface area contributed by atoms with Gasteiger partial charge in [-0.3, -0.25) is 9.48 Å². The lowest BCUT2D eigenvalue weighted by molar-refractivity contribution is -0.111. The average Bonchev–Trinajstić information content (AvgIpc) is 3.61. The molecule has 0 aliphatic carbocycles. The fourth-order valence-electron chi connectivity index (χ4n) is 5.08. The van der Waals surface area contributed by atoms with E-state index in [-0.39, 0.29) is 5.91 Å². The third-order valence-electron chi connectivity index (χ3n) is 7.68. The van der Waals surface area contributed by atoms with Crippen molar-refractivity contribution in [1.82, 2.24) is 29.2 Å². The van der Waals surface area contributed by atoms with Crippen molar-refractivity contribution in [3.05, 3.63) is 49.4 Å². The Balaban J connectivity index is 1.53. The monoisotopic (exact) mass is 617 g/mol. The second-order valence-corrected chi connectivity index (χ2v) is 18.0. The highest BCUT2D eigenvalue weighted by atomic mass is 28.3. The van der Waals surface area contributed by atoms with Gasteiger partial charge in [-0.15, -0.1) is 0 Å². The van der Waals surface area contributed by atoms with Crippen LogP contribution in [-0.2, 0) is 23.3 Å². The Morgan fingerprint density at radius 2 is 1.89 bits per heavy atom. The number of anilines is 4. The molecular weight excluding hydrogens is 574 g/mol. The summed E-state index contributed by atoms with van der Waals surface area (Å²) in [5.41, 5.74) is 4.51. The molecule has 4 aromatic rings. The summed E-state index contributed by atoms with van der Waals surface area (Å²) < 4.78 is 15.7. The largest absolute Gasteiger partial charge is 0.494 e. The molecule has 13 heteroatoms. The van der Waals surface area contributed by atoms with E-state index in [1.165, 1.54) is 6.08 Å². The molecule has 12 nitrogen and oxygen atoms in total. The van der Waals surface area contributed by atoms with Crippen molar-refractivity contribution in [3.63, 3.8) is 0 Å². The Morgan fingerprint density at radius 3 is 2.55 bits per heavy atom. The van der Waals surface area contributed by atoms with Gasteiger partial charge in [-0.25, -0.2) is 4.98 Å². The Labute approximate surface area is 259 Å². The van der Waals surface area contributed by atoms with Gasteiger partial charge in [0.2, 0.25) is 11.9 Å². The van der Waals surface area contributed by atoms with Gasteiger partial charge in [-0.2, -0.15) is 10.1 Å². The van der Waals surface area contributed by atoms with E-state index in [1.807, 2.05) is 42.2 Å². The highest BCUT2D eigenvalue weighted by Crippen LogP contribution is 2.39. The topological polar surface area (TPSA) is 115 Å². The number of ether oxygens (including phenoxy) is 2. The standard InChI is InChI=1S/C31H43N9O3Si/c1-8-28(41)33-24-17-25(27(42-4)18-26(24)39-13-11-37(2)12-14-39)34-31-35-29(22-19-32-38(3)20-22)23-9-10-40(30(23)36-31)21-43-15-16-44(5,6)7/h8-10,17-20H,1,11-16,21H2,2-7H3,(H,33,41)(H,34,35,36). The summed E-state index contributed by atoms with van der Waals surface area (Å²) >= 11 is 0. The minimum absolute atomic E-state index is 0.292. The molecule has 1 aliphatic heterocycles. The molecule has 5 rings (SSSR count). The smallest absolute Gasteiger partial charge is 0.247 e. The number of likely N-dealkylation sites (N-methyl/N-ethyl adjacent to an activating group) is 1. The van der Waals surface area contributed by atoms with Crippen LogP contribution in [0.1, 0.15) is 0 Å². The summed E-state index contributed by atoms with van der Waals surface area (Å²) in [6.45, 7) is 15.2. The second kappa shape index (κ2) is 13.2. The Morgan fingerprint density at radius 1 is 1.11 bits per heavy atom. The average molecular weight is 618 g/mol. The van der Waals surface area contributed by atoms with E-state index in [0.717, 1.165) is 60.2 Å². The van der Waals surface area contributed by atoms with Crippen LogP contribution >= 0.6 is 0 Å². The number of hydrogen-bond acceptors (Lipinski definition) is 9.